The highest BCUT2D eigenvalue weighted by Gasteiger charge is 2.06. The normalized spacial score (nSPS) is 10.7. The van der Waals surface area contributed by atoms with Gasteiger partial charge in [0.1, 0.15) is 5.75 Å². The van der Waals surface area contributed by atoms with Gasteiger partial charge in [-0.15, -0.1) is 0 Å². The smallest absolute Gasteiger partial charge is 0.248 e. The number of hydrogen-bond donors (Lipinski definition) is 2. The lowest BCUT2D eigenvalue weighted by Gasteiger charge is -2.12. The Bertz CT molecular complexity index is 738. The first kappa shape index (κ1) is 19.4. The van der Waals surface area contributed by atoms with Crippen molar-refractivity contribution in [2.24, 2.45) is 0 Å². The van der Waals surface area contributed by atoms with E-state index in [0.717, 1.165) is 18.4 Å². The first-order valence-electron chi connectivity index (χ1n) is 8.80. The third-order valence-corrected chi connectivity index (χ3v) is 3.59. The summed E-state index contributed by atoms with van der Waals surface area (Å²) in [6.07, 6.45) is 5.23. The molecule has 0 heterocycles. The lowest BCUT2D eigenvalue weighted by molar-refractivity contribution is -0.111. The molecule has 0 unspecified atom stereocenters. The molecule has 2 aromatic rings. The number of ether oxygens (including phenoxy) is 2. The molecule has 5 nitrogen and oxygen atoms in total. The summed E-state index contributed by atoms with van der Waals surface area (Å²) in [4.78, 5) is 12.0. The van der Waals surface area contributed by atoms with Gasteiger partial charge in [-0.25, -0.2) is 0 Å². The summed E-state index contributed by atoms with van der Waals surface area (Å²) < 4.78 is 11.4. The van der Waals surface area contributed by atoms with Crippen LogP contribution < -0.4 is 14.8 Å². The summed E-state index contributed by atoms with van der Waals surface area (Å²) in [5.41, 5.74) is 1.46. The van der Waals surface area contributed by atoms with Gasteiger partial charge in [0.15, 0.2) is 11.5 Å². The highest BCUT2D eigenvalue weighted by molar-refractivity contribution is 6.01. The number of rotatable bonds is 9. The molecule has 0 fully saturated rings. The van der Waals surface area contributed by atoms with Gasteiger partial charge in [-0.3, -0.25) is 4.79 Å². The van der Waals surface area contributed by atoms with Crippen LogP contribution in [0.15, 0.2) is 48.5 Å². The zero-order valence-electron chi connectivity index (χ0n) is 15.2. The highest BCUT2D eigenvalue weighted by atomic mass is 16.5. The van der Waals surface area contributed by atoms with Crippen molar-refractivity contribution < 1.29 is 19.4 Å². The minimum Gasteiger partial charge on any atom is -0.508 e. The molecule has 0 aliphatic heterocycles. The maximum absolute atomic E-state index is 12.0. The Kier molecular flexibility index (Phi) is 7.55. The Balaban J connectivity index is 2.02. The number of benzene rings is 2. The lowest BCUT2D eigenvalue weighted by Crippen LogP contribution is -2.07. The van der Waals surface area contributed by atoms with Crippen LogP contribution in [0.3, 0.4) is 0 Å². The minimum absolute atomic E-state index is 0.156. The number of carbonyl (C=O) groups excluding carboxylic acids is 1. The van der Waals surface area contributed by atoms with Crippen molar-refractivity contribution in [3.63, 3.8) is 0 Å². The molecule has 0 radical (unpaired) electrons. The van der Waals surface area contributed by atoms with Gasteiger partial charge in [-0.1, -0.05) is 19.4 Å². The van der Waals surface area contributed by atoms with Crippen LogP contribution in [0.25, 0.3) is 6.08 Å². The molecule has 5 heteroatoms. The van der Waals surface area contributed by atoms with E-state index in [2.05, 4.69) is 12.2 Å². The summed E-state index contributed by atoms with van der Waals surface area (Å²) in [7, 11) is 0. The average Bonchev–Trinajstić information content (AvgIpc) is 2.64. The van der Waals surface area contributed by atoms with Crippen molar-refractivity contribution in [3.8, 4) is 17.2 Å². The molecule has 2 aromatic carbocycles. The summed E-state index contributed by atoms with van der Waals surface area (Å²) in [5.74, 6) is 1.29. The van der Waals surface area contributed by atoms with E-state index in [-0.39, 0.29) is 11.7 Å². The molecular weight excluding hydrogens is 330 g/mol. The first-order chi connectivity index (χ1) is 12.6. The van der Waals surface area contributed by atoms with Crippen LogP contribution in [0.1, 0.15) is 32.3 Å². The molecule has 1 amide bonds. The van der Waals surface area contributed by atoms with E-state index in [1.807, 2.05) is 25.1 Å². The number of unbranched alkanes of at least 4 members (excludes halogenated alkanes) is 1. The van der Waals surface area contributed by atoms with Crippen LogP contribution in [0.4, 0.5) is 5.69 Å². The Morgan fingerprint density at radius 3 is 2.54 bits per heavy atom. The molecule has 0 aliphatic carbocycles. The third-order valence-electron chi connectivity index (χ3n) is 3.59. The van der Waals surface area contributed by atoms with Crippen molar-refractivity contribution in [2.75, 3.05) is 18.5 Å². The maximum Gasteiger partial charge on any atom is 0.248 e. The van der Waals surface area contributed by atoms with Crippen LogP contribution in [0, 0.1) is 0 Å². The fourth-order valence-electron chi connectivity index (χ4n) is 2.24. The molecule has 0 saturated heterocycles. The van der Waals surface area contributed by atoms with E-state index in [1.165, 1.54) is 18.2 Å². The van der Waals surface area contributed by atoms with E-state index in [9.17, 15) is 9.90 Å². The van der Waals surface area contributed by atoms with Gasteiger partial charge in [-0.05, 0) is 61.4 Å². The second-order valence-electron chi connectivity index (χ2n) is 5.71. The van der Waals surface area contributed by atoms with Crippen LogP contribution in [0.2, 0.25) is 0 Å². The number of phenols is 1. The molecule has 26 heavy (non-hydrogen) atoms. The SMILES string of the molecule is CCCCOc1ccc(/C=C/C(=O)Nc2ccc(O)cc2)cc1OCC. The van der Waals surface area contributed by atoms with Crippen molar-refractivity contribution in [2.45, 2.75) is 26.7 Å². The molecule has 2 N–H and O–H groups in total. The Morgan fingerprint density at radius 1 is 1.08 bits per heavy atom. The largest absolute Gasteiger partial charge is 0.508 e. The Hall–Kier alpha value is -2.95. The van der Waals surface area contributed by atoms with Crippen molar-refractivity contribution in [3.05, 3.63) is 54.1 Å². The molecule has 138 valence electrons. The third kappa shape index (κ3) is 6.16. The number of anilines is 1. The summed E-state index contributed by atoms with van der Waals surface area (Å²) in [6, 6.07) is 11.9. The Morgan fingerprint density at radius 2 is 1.85 bits per heavy atom. The number of hydrogen-bond acceptors (Lipinski definition) is 4. The molecular formula is C21H25NO4. The number of carbonyl (C=O) groups is 1. The summed E-state index contributed by atoms with van der Waals surface area (Å²) >= 11 is 0. The molecule has 0 atom stereocenters. The summed E-state index contributed by atoms with van der Waals surface area (Å²) in [5, 5.41) is 12.0. The van der Waals surface area contributed by atoms with E-state index >= 15 is 0 Å². The van der Waals surface area contributed by atoms with Gasteiger partial charge < -0.3 is 19.9 Å². The quantitative estimate of drug-likeness (QED) is 0.391. The molecule has 2 rings (SSSR count). The molecule has 0 saturated carbocycles. The fraction of sp³-hybridized carbons (Fsp3) is 0.286. The van der Waals surface area contributed by atoms with Crippen molar-refractivity contribution in [1.82, 2.24) is 0 Å². The maximum atomic E-state index is 12.0. The number of amides is 1. The van der Waals surface area contributed by atoms with Crippen LogP contribution in [-0.4, -0.2) is 24.2 Å². The van der Waals surface area contributed by atoms with Crippen molar-refractivity contribution in [1.29, 1.82) is 0 Å². The Labute approximate surface area is 154 Å². The average molecular weight is 355 g/mol. The summed E-state index contributed by atoms with van der Waals surface area (Å²) in [6.45, 7) is 5.23. The van der Waals surface area contributed by atoms with E-state index in [1.54, 1.807) is 18.2 Å². The monoisotopic (exact) mass is 355 g/mol. The molecule has 0 bridgehead atoms. The second-order valence-corrected chi connectivity index (χ2v) is 5.71. The van der Waals surface area contributed by atoms with Gasteiger partial charge in [-0.2, -0.15) is 0 Å². The van der Waals surface area contributed by atoms with Crippen molar-refractivity contribution >= 4 is 17.7 Å². The van der Waals surface area contributed by atoms with E-state index in [4.69, 9.17) is 9.47 Å². The van der Waals surface area contributed by atoms with Crippen LogP contribution in [-0.2, 0) is 4.79 Å². The number of aromatic hydroxyl groups is 1. The standard InChI is InChI=1S/C21H25NO4/c1-3-5-14-26-19-12-6-16(15-20(19)25-4-2)7-13-21(24)22-17-8-10-18(23)11-9-17/h6-13,15,23H,3-5,14H2,1-2H3,(H,22,24)/b13-7+. The molecule has 0 aliphatic rings. The van der Waals surface area contributed by atoms with E-state index in [0.29, 0.717) is 30.4 Å². The van der Waals surface area contributed by atoms with E-state index < -0.39 is 0 Å². The zero-order chi connectivity index (χ0) is 18.8. The van der Waals surface area contributed by atoms with Gasteiger partial charge in [0, 0.05) is 11.8 Å². The number of phenolic OH excluding ortho intramolecular Hbond substituents is 1. The predicted molar refractivity (Wildman–Crippen MR) is 104 cm³/mol. The number of nitrogens with one attached hydrogen (secondary N) is 1. The molecule has 0 aromatic heterocycles. The first-order valence-corrected chi connectivity index (χ1v) is 8.80. The van der Waals surface area contributed by atoms with Crippen LogP contribution in [0.5, 0.6) is 17.2 Å². The topological polar surface area (TPSA) is 67.8 Å². The lowest BCUT2D eigenvalue weighted by atomic mass is 10.2. The second kappa shape index (κ2) is 10.1. The fourth-order valence-corrected chi connectivity index (χ4v) is 2.24. The van der Waals surface area contributed by atoms with Crippen LogP contribution >= 0.6 is 0 Å². The highest BCUT2D eigenvalue weighted by Crippen LogP contribution is 2.29. The zero-order valence-corrected chi connectivity index (χ0v) is 15.2. The van der Waals surface area contributed by atoms with Gasteiger partial charge >= 0.3 is 0 Å². The van der Waals surface area contributed by atoms with Gasteiger partial charge in [0.05, 0.1) is 13.2 Å². The van der Waals surface area contributed by atoms with Gasteiger partial charge in [0.25, 0.3) is 0 Å². The minimum atomic E-state index is -0.253. The molecule has 0 spiro atoms. The predicted octanol–water partition coefficient (Wildman–Crippen LogP) is 4.62. The van der Waals surface area contributed by atoms with Gasteiger partial charge in [0.2, 0.25) is 5.91 Å².